The molecular formula is C38H59CuN2O3S2+. The second-order valence-corrected chi connectivity index (χ2v) is 15.3. The molecule has 2 aromatic rings. The molecule has 8 heteroatoms. The number of unbranched alkanes of at least 4 members (excludes halogenated alkanes) is 4. The molecule has 5 nitrogen and oxygen atoms in total. The van der Waals surface area contributed by atoms with Gasteiger partial charge in [0.25, 0.3) is 0 Å². The molecule has 0 N–H and O–H groups in total. The molecule has 4 rings (SSSR count). The van der Waals surface area contributed by atoms with Gasteiger partial charge >= 0.3 is 0 Å². The summed E-state index contributed by atoms with van der Waals surface area (Å²) in [7, 11) is -3.56. The minimum atomic E-state index is -3.56. The van der Waals surface area contributed by atoms with Gasteiger partial charge < -0.3 is 9.22 Å². The van der Waals surface area contributed by atoms with Gasteiger partial charge in [0.15, 0.2) is 0 Å². The molecule has 2 unspecified atom stereocenters. The Morgan fingerprint density at radius 3 is 1.70 bits per heavy atom. The normalized spacial score (nSPS) is 20.3. The number of rotatable bonds is 16. The number of benzene rings is 2. The summed E-state index contributed by atoms with van der Waals surface area (Å²) in [5.41, 5.74) is 2.06. The molecule has 0 spiro atoms. The molecule has 261 valence electrons. The average molecular weight is 720 g/mol. The first kappa shape index (κ1) is 40.8. The smallest absolute Gasteiger partial charge is 0.242 e. The Bertz CT molecular complexity index is 1240. The zero-order chi connectivity index (χ0) is 32.6. The predicted molar refractivity (Wildman–Crippen MR) is 194 cm³/mol. The number of morpholine rings is 1. The number of allylic oxidation sites excluding steroid dienone is 2. The van der Waals surface area contributed by atoms with Crippen LogP contribution in [-0.4, -0.2) is 69.7 Å². The second kappa shape index (κ2) is 20.9. The Morgan fingerprint density at radius 1 is 0.783 bits per heavy atom. The monoisotopic (exact) mass is 718 g/mol. The van der Waals surface area contributed by atoms with Crippen LogP contribution < -0.4 is 0 Å². The van der Waals surface area contributed by atoms with Crippen molar-refractivity contribution in [1.29, 1.82) is 0 Å². The number of sulfonamides is 1. The molecule has 2 aliphatic rings. The van der Waals surface area contributed by atoms with Crippen LogP contribution in [0.4, 0.5) is 0 Å². The van der Waals surface area contributed by atoms with Crippen LogP contribution in [0.2, 0.25) is 0 Å². The number of hydrogen-bond donors (Lipinski definition) is 1. The molecule has 1 heterocycles. The van der Waals surface area contributed by atoms with Crippen molar-refractivity contribution < 1.29 is 34.7 Å². The van der Waals surface area contributed by atoms with Crippen LogP contribution >= 0.6 is 12.6 Å². The summed E-state index contributed by atoms with van der Waals surface area (Å²) in [5, 5.41) is 0. The molecule has 1 fully saturated rings. The molecule has 46 heavy (non-hydrogen) atoms. The zero-order valence-electron chi connectivity index (χ0n) is 28.7. The Kier molecular flexibility index (Phi) is 18.5. The van der Waals surface area contributed by atoms with Crippen LogP contribution in [0.15, 0.2) is 83.8 Å². The Balaban J connectivity index is 0.000000356. The Morgan fingerprint density at radius 2 is 1.24 bits per heavy atom. The van der Waals surface area contributed by atoms with Crippen molar-refractivity contribution in [2.75, 3.05) is 52.5 Å². The van der Waals surface area contributed by atoms with Gasteiger partial charge in [-0.2, -0.15) is 16.9 Å². The van der Waals surface area contributed by atoms with E-state index < -0.39 is 14.8 Å². The van der Waals surface area contributed by atoms with Crippen LogP contribution in [0, 0.1) is 0 Å². The second-order valence-electron chi connectivity index (χ2n) is 12.6. The molecule has 0 bridgehead atoms. The molecule has 2 aromatic carbocycles. The van der Waals surface area contributed by atoms with Crippen molar-refractivity contribution in [3.63, 3.8) is 0 Å². The molecule has 1 aliphatic heterocycles. The molecule has 0 amide bonds. The minimum absolute atomic E-state index is 0. The van der Waals surface area contributed by atoms with Crippen LogP contribution in [0.3, 0.4) is 0 Å². The number of quaternary nitrogens is 1. The zero-order valence-corrected chi connectivity index (χ0v) is 31.3. The fourth-order valence-corrected chi connectivity index (χ4v) is 8.33. The number of thiol groups is 1. The summed E-state index contributed by atoms with van der Waals surface area (Å²) in [4.78, 5) is 0.323. The standard InChI is InChI=1S/C22H23NO3S2.C16H36N.Cu/c24-28(25,23-13-15-26-16-14-23)20-11-12-22(27,19-9-5-2-6-10-19)21(17-20)18-7-3-1-4-8-18;1-5-9-13-17(14-10-6-2,15-11-7-3)16-12-8-4;/h1-12,17,21,27H,13-16H2;5-16H2,1-4H3;/q;+1;. The van der Waals surface area contributed by atoms with Crippen LogP contribution in [0.1, 0.15) is 96.1 Å². The number of ether oxygens (including phenoxy) is 1. The first-order valence-corrected chi connectivity index (χ1v) is 19.3. The Labute approximate surface area is 297 Å². The van der Waals surface area contributed by atoms with Gasteiger partial charge in [0.1, 0.15) is 0 Å². The van der Waals surface area contributed by atoms with Gasteiger partial charge in [-0.1, -0.05) is 126 Å². The largest absolute Gasteiger partial charge is 0.379 e. The third-order valence-corrected chi connectivity index (χ3v) is 11.9. The van der Waals surface area contributed by atoms with Crippen molar-refractivity contribution >= 4 is 22.7 Å². The van der Waals surface area contributed by atoms with E-state index in [0.717, 1.165) is 11.1 Å². The van der Waals surface area contributed by atoms with Crippen LogP contribution in [-0.2, 0) is 36.6 Å². The molecule has 1 radical (unpaired) electrons. The van der Waals surface area contributed by atoms with E-state index in [0.29, 0.717) is 31.2 Å². The molecule has 1 saturated heterocycles. The third-order valence-electron chi connectivity index (χ3n) is 9.25. The Hall–Kier alpha value is -1.38. The number of nitrogens with zero attached hydrogens (tertiary/aromatic N) is 2. The quantitative estimate of drug-likeness (QED) is 0.107. The summed E-state index contributed by atoms with van der Waals surface area (Å²) in [5.74, 6) is -0.213. The van der Waals surface area contributed by atoms with Crippen molar-refractivity contribution in [2.45, 2.75) is 89.7 Å². The van der Waals surface area contributed by atoms with Crippen LogP contribution in [0.25, 0.3) is 0 Å². The van der Waals surface area contributed by atoms with Gasteiger partial charge in [0, 0.05) is 36.1 Å². The van der Waals surface area contributed by atoms with Crippen molar-refractivity contribution in [3.8, 4) is 0 Å². The fourth-order valence-electron chi connectivity index (χ4n) is 6.40. The maximum Gasteiger partial charge on any atom is 0.242 e. The van der Waals surface area contributed by atoms with Gasteiger partial charge in [-0.25, -0.2) is 8.42 Å². The van der Waals surface area contributed by atoms with Gasteiger partial charge in [0.2, 0.25) is 10.0 Å². The summed E-state index contributed by atoms with van der Waals surface area (Å²) < 4.78 is 34.0. The van der Waals surface area contributed by atoms with Crippen molar-refractivity contribution in [3.05, 3.63) is 94.9 Å². The van der Waals surface area contributed by atoms with E-state index in [1.807, 2.05) is 72.8 Å². The topological polar surface area (TPSA) is 46.6 Å². The summed E-state index contributed by atoms with van der Waals surface area (Å²) in [6.45, 7) is 16.6. The maximum atomic E-state index is 13.2. The third kappa shape index (κ3) is 11.4. The number of hydrogen-bond acceptors (Lipinski definition) is 4. The minimum Gasteiger partial charge on any atom is -0.379 e. The van der Waals surface area contributed by atoms with Gasteiger partial charge in [-0.05, 0) is 42.9 Å². The van der Waals surface area contributed by atoms with E-state index in [2.05, 4.69) is 27.7 Å². The van der Waals surface area contributed by atoms with Crippen molar-refractivity contribution in [1.82, 2.24) is 4.31 Å². The fraction of sp³-hybridized carbons (Fsp3) is 0.579. The van der Waals surface area contributed by atoms with Crippen molar-refractivity contribution in [2.24, 2.45) is 0 Å². The van der Waals surface area contributed by atoms with Gasteiger partial charge in [-0.15, -0.1) is 0 Å². The average Bonchev–Trinajstić information content (AvgIpc) is 3.09. The SMILES string of the molecule is CCCC[N+](CCCC)(CCCC)CCCC.O=S(=O)(C1=CC(c2ccccc2)C(S)(c2ccccc2)C=C1)N1CCOCC1.[Cu]. The van der Waals surface area contributed by atoms with E-state index in [1.54, 1.807) is 6.08 Å². The van der Waals surface area contributed by atoms with E-state index in [4.69, 9.17) is 17.4 Å². The van der Waals surface area contributed by atoms with Crippen LogP contribution in [0.5, 0.6) is 0 Å². The predicted octanol–water partition coefficient (Wildman–Crippen LogP) is 8.71. The summed E-state index contributed by atoms with van der Waals surface area (Å²) >= 11 is 5.05. The first-order chi connectivity index (χ1) is 21.8. The van der Waals surface area contributed by atoms with E-state index in [1.165, 1.54) is 86.3 Å². The molecular weight excluding hydrogens is 660 g/mol. The first-order valence-electron chi connectivity index (χ1n) is 17.4. The molecule has 2 atom stereocenters. The van der Waals surface area contributed by atoms with E-state index in [-0.39, 0.29) is 23.0 Å². The van der Waals surface area contributed by atoms with E-state index >= 15 is 0 Å². The van der Waals surface area contributed by atoms with Gasteiger partial charge in [-0.3, -0.25) is 0 Å². The molecule has 0 saturated carbocycles. The maximum absolute atomic E-state index is 13.2. The summed E-state index contributed by atoms with van der Waals surface area (Å²) in [6.07, 6.45) is 16.5. The van der Waals surface area contributed by atoms with Gasteiger partial charge in [0.05, 0.1) is 49.0 Å². The molecule has 1 aliphatic carbocycles. The molecule has 0 aromatic heterocycles. The van der Waals surface area contributed by atoms with E-state index in [9.17, 15) is 8.42 Å². The summed E-state index contributed by atoms with van der Waals surface area (Å²) in [6, 6.07) is 19.9.